The molecule has 0 unspecified atom stereocenters. The Hall–Kier alpha value is -3.49. The molecule has 3 aromatic rings. The van der Waals surface area contributed by atoms with E-state index in [1.807, 2.05) is 27.7 Å². The van der Waals surface area contributed by atoms with Gasteiger partial charge in [-0.05, 0) is 94.7 Å². The number of aromatic nitrogens is 3. The van der Waals surface area contributed by atoms with E-state index in [1.165, 1.54) is 12.1 Å². The van der Waals surface area contributed by atoms with Gasteiger partial charge in [0.05, 0.1) is 11.4 Å². The van der Waals surface area contributed by atoms with Crippen molar-refractivity contribution in [1.29, 1.82) is 0 Å². The second-order valence-corrected chi connectivity index (χ2v) is 11.1. The Morgan fingerprint density at radius 2 is 1.70 bits per heavy atom. The molecule has 9 heteroatoms. The lowest BCUT2D eigenvalue weighted by molar-refractivity contribution is 0.0205. The Labute approximate surface area is 215 Å². The first-order valence-corrected chi connectivity index (χ1v) is 12.9. The van der Waals surface area contributed by atoms with Crippen LogP contribution < -0.4 is 0 Å². The number of nitrogens with zero attached hydrogens (tertiary/aromatic N) is 4. The molecule has 2 aromatic heterocycles. The Kier molecular flexibility index (Phi) is 6.41. The van der Waals surface area contributed by atoms with Gasteiger partial charge in [-0.25, -0.2) is 23.6 Å². The summed E-state index contributed by atoms with van der Waals surface area (Å²) in [5.41, 5.74) is 3.10. The number of likely N-dealkylation sites (tertiary alicyclic amines) is 1. The number of fused-ring (bicyclic) bond motifs is 1. The number of hydrogen-bond acceptors (Lipinski definition) is 5. The topological polar surface area (TPSA) is 97.5 Å². The van der Waals surface area contributed by atoms with Gasteiger partial charge in [-0.1, -0.05) is 6.42 Å². The number of rotatable bonds is 4. The zero-order valence-corrected chi connectivity index (χ0v) is 21.8. The summed E-state index contributed by atoms with van der Waals surface area (Å²) in [5.74, 6) is -1.12. The van der Waals surface area contributed by atoms with E-state index < -0.39 is 11.6 Å². The predicted molar refractivity (Wildman–Crippen MR) is 137 cm³/mol. The molecule has 1 N–H and O–H groups in total. The number of amides is 1. The van der Waals surface area contributed by atoms with Crippen molar-refractivity contribution in [2.75, 3.05) is 13.1 Å². The highest BCUT2D eigenvalue weighted by atomic mass is 19.1. The molecular formula is C28H33FN4O4. The van der Waals surface area contributed by atoms with Crippen molar-refractivity contribution in [3.8, 4) is 5.69 Å². The van der Waals surface area contributed by atoms with Crippen LogP contribution in [-0.4, -0.2) is 55.5 Å². The highest BCUT2D eigenvalue weighted by Crippen LogP contribution is 2.44. The SMILES string of the molecule is Cc1c(C(=O)O)nc2c(c(C3CCC3)nn2-c2ccc(F)cc2)c1C1CCN(C(=O)OC(C)(C)C)CC1. The zero-order valence-electron chi connectivity index (χ0n) is 21.8. The van der Waals surface area contributed by atoms with E-state index >= 15 is 0 Å². The lowest BCUT2D eigenvalue weighted by Crippen LogP contribution is -2.41. The van der Waals surface area contributed by atoms with Gasteiger partial charge >= 0.3 is 12.1 Å². The maximum Gasteiger partial charge on any atom is 0.410 e. The summed E-state index contributed by atoms with van der Waals surface area (Å²) < 4.78 is 20.9. The number of piperidine rings is 1. The number of carbonyl (C=O) groups excluding carboxylic acids is 1. The molecule has 0 bridgehead atoms. The van der Waals surface area contributed by atoms with Crippen LogP contribution in [0.5, 0.6) is 0 Å². The minimum Gasteiger partial charge on any atom is -0.477 e. The summed E-state index contributed by atoms with van der Waals surface area (Å²) in [5, 5.41) is 15.9. The molecule has 3 heterocycles. The molecule has 1 amide bonds. The first-order chi connectivity index (χ1) is 17.5. The highest BCUT2D eigenvalue weighted by molar-refractivity contribution is 5.94. The summed E-state index contributed by atoms with van der Waals surface area (Å²) in [6, 6.07) is 6.00. The Bertz CT molecular complexity index is 1350. The first kappa shape index (κ1) is 25.2. The van der Waals surface area contributed by atoms with Crippen LogP contribution in [0.25, 0.3) is 16.7 Å². The molecule has 1 saturated heterocycles. The summed E-state index contributed by atoms with van der Waals surface area (Å²) in [7, 11) is 0. The minimum absolute atomic E-state index is 0.000456. The fourth-order valence-corrected chi connectivity index (χ4v) is 5.42. The van der Waals surface area contributed by atoms with E-state index in [0.717, 1.165) is 35.9 Å². The van der Waals surface area contributed by atoms with Crippen molar-refractivity contribution in [3.05, 3.63) is 52.6 Å². The van der Waals surface area contributed by atoms with E-state index in [9.17, 15) is 19.1 Å². The predicted octanol–water partition coefficient (Wildman–Crippen LogP) is 5.95. The summed E-state index contributed by atoms with van der Waals surface area (Å²) >= 11 is 0. The van der Waals surface area contributed by atoms with Crippen molar-refractivity contribution >= 4 is 23.1 Å². The second-order valence-electron chi connectivity index (χ2n) is 11.1. The largest absolute Gasteiger partial charge is 0.477 e. The molecule has 1 aliphatic heterocycles. The number of carboxylic acids is 1. The quantitative estimate of drug-likeness (QED) is 0.468. The molecule has 0 atom stereocenters. The van der Waals surface area contributed by atoms with Gasteiger partial charge in [0.15, 0.2) is 11.3 Å². The molecule has 5 rings (SSSR count). The van der Waals surface area contributed by atoms with Crippen LogP contribution in [0, 0.1) is 12.7 Å². The first-order valence-electron chi connectivity index (χ1n) is 12.9. The number of aromatic carboxylic acids is 1. The number of hydrogen-bond donors (Lipinski definition) is 1. The number of ether oxygens (including phenoxy) is 1. The average molecular weight is 509 g/mol. The number of halogens is 1. The summed E-state index contributed by atoms with van der Waals surface area (Å²) in [4.78, 5) is 31.2. The van der Waals surface area contributed by atoms with E-state index in [4.69, 9.17) is 9.84 Å². The van der Waals surface area contributed by atoms with Gasteiger partial charge in [-0.3, -0.25) is 0 Å². The van der Waals surface area contributed by atoms with Gasteiger partial charge in [-0.2, -0.15) is 5.10 Å². The molecule has 0 spiro atoms. The van der Waals surface area contributed by atoms with E-state index in [1.54, 1.807) is 21.7 Å². The van der Waals surface area contributed by atoms with Crippen molar-refractivity contribution in [1.82, 2.24) is 19.7 Å². The number of carbonyl (C=O) groups is 2. The van der Waals surface area contributed by atoms with Crippen molar-refractivity contribution in [2.24, 2.45) is 0 Å². The van der Waals surface area contributed by atoms with E-state index in [0.29, 0.717) is 42.8 Å². The average Bonchev–Trinajstić information content (AvgIpc) is 3.15. The monoisotopic (exact) mass is 508 g/mol. The van der Waals surface area contributed by atoms with Gasteiger partial charge in [0.2, 0.25) is 0 Å². The van der Waals surface area contributed by atoms with Gasteiger partial charge in [0.25, 0.3) is 0 Å². The number of pyridine rings is 1. The lowest BCUT2D eigenvalue weighted by atomic mass is 9.78. The summed E-state index contributed by atoms with van der Waals surface area (Å²) in [6.45, 7) is 8.42. The van der Waals surface area contributed by atoms with Gasteiger partial charge in [0, 0.05) is 24.4 Å². The molecule has 2 aliphatic rings. The number of benzene rings is 1. The third-order valence-corrected chi connectivity index (χ3v) is 7.45. The van der Waals surface area contributed by atoms with Crippen molar-refractivity contribution in [3.63, 3.8) is 0 Å². The minimum atomic E-state index is -1.09. The fraction of sp³-hybridized carbons (Fsp3) is 0.500. The van der Waals surface area contributed by atoms with Crippen LogP contribution in [0.1, 0.15) is 92.0 Å². The maximum atomic E-state index is 13.7. The van der Waals surface area contributed by atoms with Crippen LogP contribution in [0.15, 0.2) is 24.3 Å². The third-order valence-electron chi connectivity index (χ3n) is 7.45. The molecule has 1 aliphatic carbocycles. The lowest BCUT2D eigenvalue weighted by Gasteiger charge is -2.34. The molecule has 0 radical (unpaired) electrons. The molecule has 2 fully saturated rings. The molecule has 37 heavy (non-hydrogen) atoms. The van der Waals surface area contributed by atoms with Crippen LogP contribution in [0.3, 0.4) is 0 Å². The van der Waals surface area contributed by atoms with Crippen LogP contribution in [0.2, 0.25) is 0 Å². The van der Waals surface area contributed by atoms with Crippen molar-refractivity contribution < 1.29 is 23.8 Å². The van der Waals surface area contributed by atoms with Gasteiger partial charge in [-0.15, -0.1) is 0 Å². The van der Waals surface area contributed by atoms with Crippen LogP contribution >= 0.6 is 0 Å². The van der Waals surface area contributed by atoms with Crippen molar-refractivity contribution in [2.45, 2.75) is 77.2 Å². The Morgan fingerprint density at radius 1 is 1.05 bits per heavy atom. The fourth-order valence-electron chi connectivity index (χ4n) is 5.42. The normalized spacial score (nSPS) is 17.2. The smallest absolute Gasteiger partial charge is 0.410 e. The molecule has 1 aromatic carbocycles. The summed E-state index contributed by atoms with van der Waals surface area (Å²) in [6.07, 6.45) is 4.21. The maximum absolute atomic E-state index is 13.7. The molecular weight excluding hydrogens is 475 g/mol. The van der Waals surface area contributed by atoms with Gasteiger partial charge in [0.1, 0.15) is 11.4 Å². The van der Waals surface area contributed by atoms with Crippen LogP contribution in [-0.2, 0) is 4.74 Å². The third kappa shape index (κ3) is 4.79. The van der Waals surface area contributed by atoms with Crippen LogP contribution in [0.4, 0.5) is 9.18 Å². The zero-order chi connectivity index (χ0) is 26.5. The van der Waals surface area contributed by atoms with E-state index in [-0.39, 0.29) is 29.4 Å². The molecule has 8 nitrogen and oxygen atoms in total. The Morgan fingerprint density at radius 3 is 2.24 bits per heavy atom. The highest BCUT2D eigenvalue weighted by Gasteiger charge is 2.35. The molecule has 196 valence electrons. The second kappa shape index (κ2) is 9.43. The Balaban J connectivity index is 1.61. The van der Waals surface area contributed by atoms with E-state index in [2.05, 4.69) is 4.98 Å². The molecule has 1 saturated carbocycles. The van der Waals surface area contributed by atoms with Gasteiger partial charge < -0.3 is 14.7 Å². The standard InChI is InChI=1S/C28H33FN4O4/c1-16-21(17-12-14-32(15-13-17)27(36)37-28(2,3)4)22-24(18-6-5-7-18)31-33(20-10-8-19(29)9-11-20)25(22)30-23(16)26(34)35/h8-11,17-18H,5-7,12-15H2,1-4H3,(H,34,35). The number of carboxylic acid groups (broad SMARTS) is 1.